The van der Waals surface area contributed by atoms with Crippen LogP contribution in [0.25, 0.3) is 0 Å². The molecule has 18 heavy (non-hydrogen) atoms. The molecular formula is C12H15BrF2N2O. The number of rotatable bonds is 5. The van der Waals surface area contributed by atoms with Crippen molar-refractivity contribution in [2.24, 2.45) is 0 Å². The van der Waals surface area contributed by atoms with Gasteiger partial charge in [0.05, 0.1) is 0 Å². The second-order valence-corrected chi connectivity index (χ2v) is 5.07. The molecule has 1 aromatic carbocycles. The van der Waals surface area contributed by atoms with Crippen LogP contribution >= 0.6 is 15.9 Å². The lowest BCUT2D eigenvalue weighted by molar-refractivity contribution is -0.116. The molecule has 0 heterocycles. The van der Waals surface area contributed by atoms with Gasteiger partial charge in [-0.1, -0.05) is 29.8 Å². The average Bonchev–Trinajstić information content (AvgIpc) is 2.22. The van der Waals surface area contributed by atoms with Gasteiger partial charge in [0.15, 0.2) is 11.6 Å². The van der Waals surface area contributed by atoms with E-state index in [4.69, 9.17) is 0 Å². The smallest absolute Gasteiger partial charge is 0.225 e. The third kappa shape index (κ3) is 4.70. The second kappa shape index (κ2) is 6.80. The first-order valence-corrected chi connectivity index (χ1v) is 6.37. The molecule has 1 amide bonds. The summed E-state index contributed by atoms with van der Waals surface area (Å²) >= 11 is 2.97. The summed E-state index contributed by atoms with van der Waals surface area (Å²) in [7, 11) is 0. The number of hydrogen-bond donors (Lipinski definition) is 2. The van der Waals surface area contributed by atoms with Crippen LogP contribution in [0.2, 0.25) is 0 Å². The van der Waals surface area contributed by atoms with Crippen LogP contribution in [-0.4, -0.2) is 18.5 Å². The number of carbonyl (C=O) groups is 1. The lowest BCUT2D eigenvalue weighted by Gasteiger charge is -2.10. The predicted molar refractivity (Wildman–Crippen MR) is 70.4 cm³/mol. The highest BCUT2D eigenvalue weighted by Gasteiger charge is 2.13. The van der Waals surface area contributed by atoms with E-state index in [1.807, 2.05) is 13.8 Å². The third-order valence-corrected chi connectivity index (χ3v) is 2.63. The van der Waals surface area contributed by atoms with E-state index < -0.39 is 23.2 Å². The van der Waals surface area contributed by atoms with E-state index >= 15 is 0 Å². The Bertz CT molecular complexity index is 415. The van der Waals surface area contributed by atoms with Gasteiger partial charge in [0.1, 0.15) is 5.69 Å². The zero-order valence-electron chi connectivity index (χ0n) is 10.2. The van der Waals surface area contributed by atoms with E-state index in [1.165, 1.54) is 0 Å². The molecule has 0 spiro atoms. The highest BCUT2D eigenvalue weighted by atomic mass is 79.9. The number of anilines is 1. The normalized spacial score (nSPS) is 10.8. The molecule has 6 heteroatoms. The topological polar surface area (TPSA) is 41.1 Å². The summed E-state index contributed by atoms with van der Waals surface area (Å²) in [6.45, 7) is 4.36. The molecule has 1 aromatic rings. The molecule has 0 aliphatic carbocycles. The van der Waals surface area contributed by atoms with Crippen molar-refractivity contribution < 1.29 is 13.6 Å². The van der Waals surface area contributed by atoms with Crippen LogP contribution < -0.4 is 10.6 Å². The fourth-order valence-electron chi connectivity index (χ4n) is 1.34. The van der Waals surface area contributed by atoms with Crippen molar-refractivity contribution in [1.29, 1.82) is 0 Å². The van der Waals surface area contributed by atoms with Crippen molar-refractivity contribution in [3.05, 3.63) is 28.2 Å². The fraction of sp³-hybridized carbons (Fsp3) is 0.417. The maximum absolute atomic E-state index is 13.4. The number of halogens is 3. The van der Waals surface area contributed by atoms with Gasteiger partial charge in [-0.2, -0.15) is 0 Å². The van der Waals surface area contributed by atoms with Crippen LogP contribution in [0.1, 0.15) is 20.3 Å². The number of nitrogens with one attached hydrogen (secondary N) is 2. The Kier molecular flexibility index (Phi) is 5.68. The number of hydrogen-bond acceptors (Lipinski definition) is 2. The van der Waals surface area contributed by atoms with Gasteiger partial charge < -0.3 is 10.6 Å². The first kappa shape index (κ1) is 15.0. The quantitative estimate of drug-likeness (QED) is 0.875. The molecule has 0 atom stereocenters. The monoisotopic (exact) mass is 320 g/mol. The Morgan fingerprint density at radius 3 is 2.39 bits per heavy atom. The van der Waals surface area contributed by atoms with E-state index in [2.05, 4.69) is 26.6 Å². The number of amides is 1. The van der Waals surface area contributed by atoms with E-state index in [9.17, 15) is 13.6 Å². The highest BCUT2D eigenvalue weighted by Crippen LogP contribution is 2.23. The van der Waals surface area contributed by atoms with Gasteiger partial charge in [0.2, 0.25) is 5.91 Å². The van der Waals surface area contributed by atoms with Crippen molar-refractivity contribution in [3.63, 3.8) is 0 Å². The minimum absolute atomic E-state index is 0.160. The molecule has 0 unspecified atom stereocenters. The molecule has 0 saturated heterocycles. The minimum Gasteiger partial charge on any atom is -0.321 e. The maximum atomic E-state index is 13.4. The van der Waals surface area contributed by atoms with Crippen molar-refractivity contribution in [3.8, 4) is 0 Å². The van der Waals surface area contributed by atoms with E-state index in [0.717, 1.165) is 12.1 Å². The molecule has 0 bridgehead atoms. The van der Waals surface area contributed by atoms with Gasteiger partial charge in [-0.05, 0) is 12.1 Å². The lowest BCUT2D eigenvalue weighted by Crippen LogP contribution is -2.27. The Hall–Kier alpha value is -1.01. The number of benzene rings is 1. The van der Waals surface area contributed by atoms with Crippen LogP contribution in [0.3, 0.4) is 0 Å². The summed E-state index contributed by atoms with van der Waals surface area (Å²) in [6, 6.07) is 2.47. The van der Waals surface area contributed by atoms with Gasteiger partial charge in [-0.15, -0.1) is 0 Å². The standard InChI is InChI=1S/C12H15BrF2N2O/c1-7(2)16-4-3-11(18)17-12-9(14)5-8(13)6-10(12)15/h5-7,16H,3-4H2,1-2H3,(H,17,18). The molecule has 0 radical (unpaired) electrons. The summed E-state index contributed by atoms with van der Waals surface area (Å²) in [4.78, 5) is 11.5. The molecule has 0 saturated carbocycles. The van der Waals surface area contributed by atoms with Gasteiger partial charge >= 0.3 is 0 Å². The number of carbonyl (C=O) groups excluding carboxylic acids is 1. The Balaban J connectivity index is 2.59. The van der Waals surface area contributed by atoms with E-state index in [0.29, 0.717) is 6.54 Å². The zero-order chi connectivity index (χ0) is 13.7. The second-order valence-electron chi connectivity index (χ2n) is 4.15. The summed E-state index contributed by atoms with van der Waals surface area (Å²) in [5, 5.41) is 5.27. The van der Waals surface area contributed by atoms with Gasteiger partial charge in [-0.3, -0.25) is 4.79 Å². The molecule has 0 aromatic heterocycles. The summed E-state index contributed by atoms with van der Waals surface area (Å²) < 4.78 is 27.1. The van der Waals surface area contributed by atoms with Gasteiger partial charge in [0, 0.05) is 23.5 Å². The Morgan fingerprint density at radius 2 is 1.89 bits per heavy atom. The SMILES string of the molecule is CC(C)NCCC(=O)Nc1c(F)cc(Br)cc1F. The molecular weight excluding hydrogens is 306 g/mol. The summed E-state index contributed by atoms with van der Waals surface area (Å²) in [5.41, 5.74) is -0.409. The Morgan fingerprint density at radius 1 is 1.33 bits per heavy atom. The molecule has 0 aliphatic heterocycles. The molecule has 100 valence electrons. The van der Waals surface area contributed by atoms with Crippen molar-refractivity contribution in [2.75, 3.05) is 11.9 Å². The van der Waals surface area contributed by atoms with Crippen LogP contribution in [0, 0.1) is 11.6 Å². The largest absolute Gasteiger partial charge is 0.321 e. The first-order chi connectivity index (χ1) is 8.40. The van der Waals surface area contributed by atoms with Crippen molar-refractivity contribution in [1.82, 2.24) is 5.32 Å². The third-order valence-electron chi connectivity index (χ3n) is 2.18. The molecule has 0 fully saturated rings. The lowest BCUT2D eigenvalue weighted by atomic mass is 10.2. The van der Waals surface area contributed by atoms with Gasteiger partial charge in [0.25, 0.3) is 0 Å². The fourth-order valence-corrected chi connectivity index (χ4v) is 1.74. The van der Waals surface area contributed by atoms with Crippen LogP contribution in [0.5, 0.6) is 0 Å². The van der Waals surface area contributed by atoms with E-state index in [1.54, 1.807) is 0 Å². The summed E-state index contributed by atoms with van der Waals surface area (Å²) in [5.74, 6) is -2.03. The minimum atomic E-state index is -0.799. The molecule has 1 rings (SSSR count). The predicted octanol–water partition coefficient (Wildman–Crippen LogP) is 3.05. The molecule has 2 N–H and O–H groups in total. The van der Waals surface area contributed by atoms with Crippen LogP contribution in [-0.2, 0) is 4.79 Å². The highest BCUT2D eigenvalue weighted by molar-refractivity contribution is 9.10. The maximum Gasteiger partial charge on any atom is 0.225 e. The first-order valence-electron chi connectivity index (χ1n) is 5.58. The van der Waals surface area contributed by atoms with Crippen molar-refractivity contribution >= 4 is 27.5 Å². The molecule has 0 aliphatic rings. The van der Waals surface area contributed by atoms with E-state index in [-0.39, 0.29) is 16.9 Å². The zero-order valence-corrected chi connectivity index (χ0v) is 11.8. The van der Waals surface area contributed by atoms with Crippen LogP contribution in [0.15, 0.2) is 16.6 Å². The van der Waals surface area contributed by atoms with Crippen molar-refractivity contribution in [2.45, 2.75) is 26.3 Å². The Labute approximate surface area is 113 Å². The van der Waals surface area contributed by atoms with Crippen LogP contribution in [0.4, 0.5) is 14.5 Å². The average molecular weight is 321 g/mol. The van der Waals surface area contributed by atoms with Gasteiger partial charge in [-0.25, -0.2) is 8.78 Å². The summed E-state index contributed by atoms with van der Waals surface area (Å²) in [6.07, 6.45) is 0.160. The molecule has 3 nitrogen and oxygen atoms in total.